The molecule has 4 rings (SSSR count). The lowest BCUT2D eigenvalue weighted by Crippen LogP contribution is -2.36. The van der Waals surface area contributed by atoms with Crippen LogP contribution in [0.1, 0.15) is 33.8 Å². The van der Waals surface area contributed by atoms with Crippen LogP contribution in [-0.4, -0.2) is 52.9 Å². The van der Waals surface area contributed by atoms with E-state index in [1.165, 1.54) is 11.3 Å². The molecule has 1 aromatic carbocycles. The molecule has 0 atom stereocenters. The lowest BCUT2D eigenvalue weighted by atomic mass is 10.0. The summed E-state index contributed by atoms with van der Waals surface area (Å²) in [5.41, 5.74) is 3.22. The minimum atomic E-state index is -0.323. The smallest absolute Gasteiger partial charge is 0.410 e. The molecule has 0 unspecified atom stereocenters. The third kappa shape index (κ3) is 5.72. The zero-order valence-corrected chi connectivity index (χ0v) is 20.3. The Kier molecular flexibility index (Phi) is 7.74. The number of thiophene rings is 1. The number of aromatic nitrogens is 2. The Morgan fingerprint density at radius 3 is 2.85 bits per heavy atom. The lowest BCUT2D eigenvalue weighted by Gasteiger charge is -2.26. The Labute approximate surface area is 203 Å². The highest BCUT2D eigenvalue weighted by Crippen LogP contribution is 2.36. The van der Waals surface area contributed by atoms with Crippen LogP contribution in [0.5, 0.6) is 0 Å². The molecule has 9 heteroatoms. The van der Waals surface area contributed by atoms with E-state index in [0.717, 1.165) is 32.4 Å². The number of aryl methyl sites for hydroxylation is 2. The topological polar surface area (TPSA) is 88.8 Å². The van der Waals surface area contributed by atoms with Crippen molar-refractivity contribution in [2.75, 3.05) is 25.5 Å². The maximum absolute atomic E-state index is 12.6. The molecule has 1 aliphatic rings. The van der Waals surface area contributed by atoms with Crippen LogP contribution in [-0.2, 0) is 35.5 Å². The Morgan fingerprint density at radius 1 is 1.29 bits per heavy atom. The van der Waals surface area contributed by atoms with Crippen molar-refractivity contribution in [2.24, 2.45) is 4.99 Å². The first kappa shape index (κ1) is 23.7. The van der Waals surface area contributed by atoms with E-state index in [0.29, 0.717) is 45.5 Å². The first-order chi connectivity index (χ1) is 16.5. The molecule has 0 fully saturated rings. The number of fused-ring (bicyclic) bond motifs is 1. The number of carbonyl (C=O) groups excluding carboxylic acids is 2. The molecule has 178 valence electrons. The summed E-state index contributed by atoms with van der Waals surface area (Å²) in [6.45, 7) is 3.82. The molecule has 0 radical (unpaired) electrons. The van der Waals surface area contributed by atoms with Gasteiger partial charge < -0.3 is 19.5 Å². The van der Waals surface area contributed by atoms with Crippen molar-refractivity contribution in [1.29, 1.82) is 0 Å². The minimum Gasteiger partial charge on any atom is -0.448 e. The lowest BCUT2D eigenvalue weighted by molar-refractivity contribution is -0.116. The number of amides is 2. The summed E-state index contributed by atoms with van der Waals surface area (Å²) in [4.78, 5) is 36.4. The van der Waals surface area contributed by atoms with Gasteiger partial charge in [-0.15, -0.1) is 11.3 Å². The van der Waals surface area contributed by atoms with Crippen LogP contribution in [0.2, 0.25) is 0 Å². The molecule has 2 amide bonds. The number of imidazole rings is 1. The summed E-state index contributed by atoms with van der Waals surface area (Å²) in [5, 5.41) is 3.86. The van der Waals surface area contributed by atoms with Gasteiger partial charge in [0.05, 0.1) is 13.1 Å². The van der Waals surface area contributed by atoms with Crippen LogP contribution < -0.4 is 5.32 Å². The molecule has 1 aliphatic heterocycles. The first-order valence-corrected chi connectivity index (χ1v) is 12.2. The van der Waals surface area contributed by atoms with Gasteiger partial charge in [-0.3, -0.25) is 9.79 Å². The van der Waals surface area contributed by atoms with Gasteiger partial charge in [0.2, 0.25) is 5.91 Å². The second-order valence-corrected chi connectivity index (χ2v) is 9.23. The molecule has 0 spiro atoms. The highest BCUT2D eigenvalue weighted by Gasteiger charge is 2.27. The van der Waals surface area contributed by atoms with E-state index >= 15 is 0 Å². The van der Waals surface area contributed by atoms with E-state index in [9.17, 15) is 9.59 Å². The zero-order chi connectivity index (χ0) is 23.9. The molecule has 2 aromatic heterocycles. The van der Waals surface area contributed by atoms with Crippen LogP contribution in [0.4, 0.5) is 9.80 Å². The van der Waals surface area contributed by atoms with Gasteiger partial charge >= 0.3 is 6.09 Å². The molecule has 8 nitrogen and oxygen atoms in total. The summed E-state index contributed by atoms with van der Waals surface area (Å²) in [6, 6.07) is 9.97. The predicted molar refractivity (Wildman–Crippen MR) is 134 cm³/mol. The van der Waals surface area contributed by atoms with Crippen LogP contribution in [0.25, 0.3) is 0 Å². The Hall–Kier alpha value is -3.46. The maximum Gasteiger partial charge on any atom is 0.410 e. The number of carbonyl (C=O) groups is 2. The van der Waals surface area contributed by atoms with Crippen molar-refractivity contribution >= 4 is 34.6 Å². The van der Waals surface area contributed by atoms with Gasteiger partial charge in [-0.1, -0.05) is 30.3 Å². The van der Waals surface area contributed by atoms with Gasteiger partial charge in [-0.2, -0.15) is 0 Å². The Morgan fingerprint density at radius 2 is 2.12 bits per heavy atom. The summed E-state index contributed by atoms with van der Waals surface area (Å²) < 4.78 is 7.44. The number of anilines is 1. The molecule has 3 heterocycles. The zero-order valence-electron chi connectivity index (χ0n) is 19.5. The fraction of sp³-hybridized carbons (Fsp3) is 0.360. The molecular formula is C25H29N5O3S. The van der Waals surface area contributed by atoms with E-state index in [1.807, 2.05) is 48.0 Å². The SMILES string of the molecule is CN=Cc1c(NC(=O)CCc2ccccc2)sc2c1CCN(C(=O)OCCn1ccnc1C)C2. The normalized spacial score (nSPS) is 13.2. The molecule has 3 aromatic rings. The van der Waals surface area contributed by atoms with Crippen molar-refractivity contribution < 1.29 is 14.3 Å². The van der Waals surface area contributed by atoms with Crippen molar-refractivity contribution in [3.8, 4) is 0 Å². The van der Waals surface area contributed by atoms with E-state index < -0.39 is 0 Å². The summed E-state index contributed by atoms with van der Waals surface area (Å²) in [7, 11) is 1.72. The number of rotatable bonds is 8. The third-order valence-electron chi connectivity index (χ3n) is 5.83. The molecular weight excluding hydrogens is 450 g/mol. The largest absolute Gasteiger partial charge is 0.448 e. The molecule has 0 aliphatic carbocycles. The van der Waals surface area contributed by atoms with Crippen molar-refractivity contribution in [1.82, 2.24) is 14.5 Å². The second kappa shape index (κ2) is 11.1. The number of benzene rings is 1. The molecule has 34 heavy (non-hydrogen) atoms. The molecule has 0 bridgehead atoms. The standard InChI is InChI=1S/C25H29N5O3S/c1-18-27-11-13-29(18)14-15-33-25(32)30-12-10-20-21(16-26-2)24(34-22(20)17-30)28-23(31)9-8-19-6-4-3-5-7-19/h3-7,11,13,16H,8-10,12,14-15,17H2,1-2H3,(H,28,31). The van der Waals surface area contributed by atoms with Gasteiger partial charge in [0.15, 0.2) is 0 Å². The number of ether oxygens (including phenoxy) is 1. The van der Waals surface area contributed by atoms with Crippen molar-refractivity contribution in [2.45, 2.75) is 39.3 Å². The van der Waals surface area contributed by atoms with E-state index in [4.69, 9.17) is 4.74 Å². The van der Waals surface area contributed by atoms with Gasteiger partial charge in [-0.25, -0.2) is 9.78 Å². The fourth-order valence-electron chi connectivity index (χ4n) is 4.00. The van der Waals surface area contributed by atoms with Crippen LogP contribution in [0, 0.1) is 6.92 Å². The van der Waals surface area contributed by atoms with Crippen LogP contribution in [0.15, 0.2) is 47.7 Å². The van der Waals surface area contributed by atoms with E-state index in [2.05, 4.69) is 15.3 Å². The second-order valence-electron chi connectivity index (χ2n) is 8.12. The third-order valence-corrected chi connectivity index (χ3v) is 6.98. The monoisotopic (exact) mass is 479 g/mol. The summed E-state index contributed by atoms with van der Waals surface area (Å²) in [5.74, 6) is 0.861. The van der Waals surface area contributed by atoms with Gasteiger partial charge in [0.1, 0.15) is 17.4 Å². The van der Waals surface area contributed by atoms with E-state index in [1.54, 1.807) is 24.4 Å². The minimum absolute atomic E-state index is 0.0285. The van der Waals surface area contributed by atoms with E-state index in [-0.39, 0.29) is 12.0 Å². The fourth-order valence-corrected chi connectivity index (χ4v) is 5.25. The number of nitrogens with one attached hydrogen (secondary N) is 1. The number of nitrogens with zero attached hydrogens (tertiary/aromatic N) is 4. The van der Waals surface area contributed by atoms with Crippen molar-refractivity contribution in [3.05, 3.63) is 70.1 Å². The van der Waals surface area contributed by atoms with Crippen LogP contribution >= 0.6 is 11.3 Å². The Bertz CT molecular complexity index is 1170. The first-order valence-electron chi connectivity index (χ1n) is 11.3. The molecule has 0 saturated heterocycles. The Balaban J connectivity index is 1.36. The number of hydrogen-bond acceptors (Lipinski definition) is 6. The number of hydrogen-bond donors (Lipinski definition) is 1. The number of aliphatic imine (C=N–C) groups is 1. The molecule has 0 saturated carbocycles. The quantitative estimate of drug-likeness (QED) is 0.493. The highest BCUT2D eigenvalue weighted by molar-refractivity contribution is 7.16. The predicted octanol–water partition coefficient (Wildman–Crippen LogP) is 4.07. The highest BCUT2D eigenvalue weighted by atomic mass is 32.1. The summed E-state index contributed by atoms with van der Waals surface area (Å²) >= 11 is 1.51. The van der Waals surface area contributed by atoms with Gasteiger partial charge in [0.25, 0.3) is 0 Å². The van der Waals surface area contributed by atoms with Crippen molar-refractivity contribution in [3.63, 3.8) is 0 Å². The summed E-state index contributed by atoms with van der Waals surface area (Å²) in [6.07, 6.45) is 6.86. The average molecular weight is 480 g/mol. The molecule has 1 N–H and O–H groups in total. The average Bonchev–Trinajstić information content (AvgIpc) is 3.41. The van der Waals surface area contributed by atoms with Crippen LogP contribution in [0.3, 0.4) is 0 Å². The van der Waals surface area contributed by atoms with Gasteiger partial charge in [-0.05, 0) is 30.9 Å². The maximum atomic E-state index is 12.6. The van der Waals surface area contributed by atoms with Gasteiger partial charge in [0, 0.05) is 49.1 Å².